The summed E-state index contributed by atoms with van der Waals surface area (Å²) in [7, 11) is 0. The van der Waals surface area contributed by atoms with E-state index in [-0.39, 0.29) is 17.5 Å². The van der Waals surface area contributed by atoms with E-state index in [0.29, 0.717) is 11.1 Å². The molecule has 3 rings (SSSR count). The molecule has 0 saturated heterocycles. The first kappa shape index (κ1) is 12.9. The average Bonchev–Trinajstić information content (AvgIpc) is 2.47. The fourth-order valence-electron chi connectivity index (χ4n) is 2.76. The van der Waals surface area contributed by atoms with E-state index < -0.39 is 0 Å². The molecule has 2 N–H and O–H groups in total. The number of hydrogen-bond acceptors (Lipinski definition) is 3. The Labute approximate surface area is 117 Å². The first-order chi connectivity index (χ1) is 9.74. The Morgan fingerprint density at radius 2 is 1.95 bits per heavy atom. The zero-order valence-electron chi connectivity index (χ0n) is 11.3. The van der Waals surface area contributed by atoms with Crippen LogP contribution in [0.4, 0.5) is 0 Å². The maximum absolute atomic E-state index is 12.3. The lowest BCUT2D eigenvalue weighted by Crippen LogP contribution is -2.38. The number of amides is 1. The lowest BCUT2D eigenvalue weighted by atomic mass is 9.95. The number of carbonyl (C=O) groups excluding carboxylic acids is 1. The fourth-order valence-corrected chi connectivity index (χ4v) is 2.76. The molecule has 0 radical (unpaired) electrons. The van der Waals surface area contributed by atoms with Gasteiger partial charge in [0.1, 0.15) is 11.1 Å². The quantitative estimate of drug-likeness (QED) is 0.881. The number of carbonyl (C=O) groups is 1. The molecule has 1 aliphatic rings. The van der Waals surface area contributed by atoms with Gasteiger partial charge in [-0.2, -0.15) is 0 Å². The predicted octanol–water partition coefficient (Wildman–Crippen LogP) is 2.97. The van der Waals surface area contributed by atoms with Crippen LogP contribution in [0.5, 0.6) is 0 Å². The van der Waals surface area contributed by atoms with Crippen molar-refractivity contribution in [2.24, 2.45) is 0 Å². The number of rotatable bonds is 2. The third kappa shape index (κ3) is 2.59. The molecule has 1 saturated carbocycles. The zero-order chi connectivity index (χ0) is 13.9. The molecule has 1 aromatic carbocycles. The molecular formula is C16H18N2O2. The second-order valence-electron chi connectivity index (χ2n) is 5.34. The Hall–Kier alpha value is -2.10. The first-order valence-electron chi connectivity index (χ1n) is 7.12. The normalized spacial score (nSPS) is 16.2. The fraction of sp³-hybridized carbons (Fsp3) is 0.375. The SMILES string of the molecule is N=c1oc2ccccc2cc1C(=O)NC1CCCCC1. The molecule has 2 aromatic rings. The minimum Gasteiger partial charge on any atom is -0.438 e. The molecule has 1 amide bonds. The number of hydrogen-bond donors (Lipinski definition) is 2. The molecular weight excluding hydrogens is 252 g/mol. The van der Waals surface area contributed by atoms with Gasteiger partial charge in [0.05, 0.1) is 0 Å². The van der Waals surface area contributed by atoms with E-state index in [9.17, 15) is 4.79 Å². The number of benzene rings is 1. The van der Waals surface area contributed by atoms with Crippen LogP contribution in [0.1, 0.15) is 42.5 Å². The number of fused-ring (bicyclic) bond motifs is 1. The van der Waals surface area contributed by atoms with Crippen molar-refractivity contribution in [2.75, 3.05) is 0 Å². The Morgan fingerprint density at radius 1 is 1.20 bits per heavy atom. The Kier molecular flexibility index (Phi) is 3.54. The summed E-state index contributed by atoms with van der Waals surface area (Å²) < 4.78 is 5.41. The summed E-state index contributed by atoms with van der Waals surface area (Å²) in [6.45, 7) is 0. The lowest BCUT2D eigenvalue weighted by Gasteiger charge is -2.22. The summed E-state index contributed by atoms with van der Waals surface area (Å²) in [5.41, 5.74) is 0.873. The standard InChI is InChI=1S/C16H18N2O2/c17-15-13(10-11-6-4-5-9-14(11)20-15)16(19)18-12-7-2-1-3-8-12/h4-6,9-10,12,17H,1-3,7-8H2,(H,18,19). The van der Waals surface area contributed by atoms with E-state index in [4.69, 9.17) is 9.83 Å². The number of nitrogens with one attached hydrogen (secondary N) is 2. The molecule has 0 aliphatic heterocycles. The van der Waals surface area contributed by atoms with Gasteiger partial charge in [0.15, 0.2) is 0 Å². The van der Waals surface area contributed by atoms with E-state index in [2.05, 4.69) is 5.32 Å². The van der Waals surface area contributed by atoms with Gasteiger partial charge >= 0.3 is 0 Å². The van der Waals surface area contributed by atoms with Gasteiger partial charge in [-0.15, -0.1) is 0 Å². The minimum absolute atomic E-state index is 0.0722. The van der Waals surface area contributed by atoms with Crippen molar-refractivity contribution >= 4 is 16.9 Å². The molecule has 1 aliphatic carbocycles. The van der Waals surface area contributed by atoms with E-state index in [1.165, 1.54) is 19.3 Å². The highest BCUT2D eigenvalue weighted by molar-refractivity contribution is 5.96. The Balaban J connectivity index is 1.87. The molecule has 4 heteroatoms. The first-order valence-corrected chi connectivity index (χ1v) is 7.12. The van der Waals surface area contributed by atoms with Gasteiger partial charge in [-0.3, -0.25) is 10.2 Å². The van der Waals surface area contributed by atoms with Crippen LogP contribution >= 0.6 is 0 Å². The highest BCUT2D eigenvalue weighted by Gasteiger charge is 2.18. The summed E-state index contributed by atoms with van der Waals surface area (Å²) in [4.78, 5) is 12.3. The van der Waals surface area contributed by atoms with Crippen LogP contribution in [0, 0.1) is 5.41 Å². The van der Waals surface area contributed by atoms with Gasteiger partial charge in [-0.25, -0.2) is 0 Å². The second-order valence-corrected chi connectivity index (χ2v) is 5.34. The van der Waals surface area contributed by atoms with Crippen molar-refractivity contribution in [3.63, 3.8) is 0 Å². The smallest absolute Gasteiger partial charge is 0.257 e. The van der Waals surface area contributed by atoms with E-state index in [1.54, 1.807) is 12.1 Å². The second kappa shape index (κ2) is 5.49. The minimum atomic E-state index is -0.198. The molecule has 104 valence electrons. The van der Waals surface area contributed by atoms with Gasteiger partial charge in [-0.05, 0) is 25.0 Å². The van der Waals surface area contributed by atoms with E-state index >= 15 is 0 Å². The van der Waals surface area contributed by atoms with Crippen LogP contribution < -0.4 is 10.9 Å². The van der Waals surface area contributed by atoms with Crippen molar-refractivity contribution < 1.29 is 9.21 Å². The maximum Gasteiger partial charge on any atom is 0.257 e. The van der Waals surface area contributed by atoms with Crippen molar-refractivity contribution in [3.8, 4) is 0 Å². The molecule has 1 fully saturated rings. The highest BCUT2D eigenvalue weighted by Crippen LogP contribution is 2.18. The summed E-state index contributed by atoms with van der Waals surface area (Å²) in [5.74, 6) is -0.198. The molecule has 0 bridgehead atoms. The summed E-state index contributed by atoms with van der Waals surface area (Å²) >= 11 is 0. The van der Waals surface area contributed by atoms with Crippen molar-refractivity contribution in [1.29, 1.82) is 5.41 Å². The topological polar surface area (TPSA) is 66.1 Å². The van der Waals surface area contributed by atoms with Crippen LogP contribution in [0.2, 0.25) is 0 Å². The molecule has 4 nitrogen and oxygen atoms in total. The molecule has 0 atom stereocenters. The van der Waals surface area contributed by atoms with E-state index in [1.807, 2.05) is 18.2 Å². The van der Waals surface area contributed by atoms with Gasteiger partial charge < -0.3 is 9.73 Å². The monoisotopic (exact) mass is 270 g/mol. The van der Waals surface area contributed by atoms with Crippen molar-refractivity contribution in [3.05, 3.63) is 41.4 Å². The average molecular weight is 270 g/mol. The maximum atomic E-state index is 12.3. The Bertz CT molecular complexity index is 684. The summed E-state index contributed by atoms with van der Waals surface area (Å²) in [5, 5.41) is 11.7. The van der Waals surface area contributed by atoms with Gasteiger partial charge in [0, 0.05) is 11.4 Å². The van der Waals surface area contributed by atoms with Crippen LogP contribution in [-0.4, -0.2) is 11.9 Å². The molecule has 0 unspecified atom stereocenters. The van der Waals surface area contributed by atoms with Crippen LogP contribution in [0.15, 0.2) is 34.7 Å². The number of para-hydroxylation sites is 1. The zero-order valence-corrected chi connectivity index (χ0v) is 11.3. The molecule has 20 heavy (non-hydrogen) atoms. The molecule has 0 spiro atoms. The van der Waals surface area contributed by atoms with Gasteiger partial charge in [0.25, 0.3) is 5.91 Å². The van der Waals surface area contributed by atoms with Crippen molar-refractivity contribution in [1.82, 2.24) is 5.32 Å². The van der Waals surface area contributed by atoms with E-state index in [0.717, 1.165) is 18.2 Å². The highest BCUT2D eigenvalue weighted by atomic mass is 16.3. The third-order valence-corrected chi connectivity index (χ3v) is 3.86. The molecule has 1 heterocycles. The summed E-state index contributed by atoms with van der Waals surface area (Å²) in [6.07, 6.45) is 5.65. The van der Waals surface area contributed by atoms with Gasteiger partial charge in [0.2, 0.25) is 5.55 Å². The van der Waals surface area contributed by atoms with Crippen LogP contribution in [0.3, 0.4) is 0 Å². The third-order valence-electron chi connectivity index (χ3n) is 3.86. The van der Waals surface area contributed by atoms with Crippen LogP contribution in [-0.2, 0) is 0 Å². The summed E-state index contributed by atoms with van der Waals surface area (Å²) in [6, 6.07) is 9.41. The van der Waals surface area contributed by atoms with Gasteiger partial charge in [-0.1, -0.05) is 37.5 Å². The van der Waals surface area contributed by atoms with Crippen molar-refractivity contribution in [2.45, 2.75) is 38.1 Å². The van der Waals surface area contributed by atoms with Crippen LogP contribution in [0.25, 0.3) is 11.0 Å². The largest absolute Gasteiger partial charge is 0.438 e. The lowest BCUT2D eigenvalue weighted by molar-refractivity contribution is 0.0923. The predicted molar refractivity (Wildman–Crippen MR) is 76.4 cm³/mol. The Morgan fingerprint density at radius 3 is 2.75 bits per heavy atom. The molecule has 1 aromatic heterocycles.